The fraction of sp³-hybridized carbons (Fsp3) is 0.889. The molecule has 25 heavy (non-hydrogen) atoms. The molecule has 0 aromatic heterocycles. The molecule has 0 spiro atoms. The van der Waals surface area contributed by atoms with E-state index in [1.54, 1.807) is 4.90 Å². The lowest BCUT2D eigenvalue weighted by Gasteiger charge is -2.42. The van der Waals surface area contributed by atoms with Gasteiger partial charge in [-0.05, 0) is 39.4 Å². The van der Waals surface area contributed by atoms with E-state index in [0.717, 1.165) is 39.1 Å². The first-order valence-corrected chi connectivity index (χ1v) is 9.70. The van der Waals surface area contributed by atoms with Gasteiger partial charge in [0.1, 0.15) is 6.61 Å². The van der Waals surface area contributed by atoms with Crippen molar-refractivity contribution in [3.05, 3.63) is 0 Å². The van der Waals surface area contributed by atoms with Crippen molar-refractivity contribution < 1.29 is 14.3 Å². The molecule has 0 saturated carbocycles. The maximum Gasteiger partial charge on any atom is 0.320 e. The second kappa shape index (κ2) is 8.96. The largest absolute Gasteiger partial charge is 0.463 e. The van der Waals surface area contributed by atoms with E-state index in [-0.39, 0.29) is 11.9 Å². The van der Waals surface area contributed by atoms with Crippen molar-refractivity contribution in [1.82, 2.24) is 19.6 Å². The van der Waals surface area contributed by atoms with Crippen LogP contribution in [0.1, 0.15) is 25.7 Å². The van der Waals surface area contributed by atoms with Crippen LogP contribution >= 0.6 is 0 Å². The molecule has 0 unspecified atom stereocenters. The van der Waals surface area contributed by atoms with Gasteiger partial charge in [-0.15, -0.1) is 0 Å². The van der Waals surface area contributed by atoms with Crippen LogP contribution in [0, 0.1) is 0 Å². The Balaban J connectivity index is 1.29. The van der Waals surface area contributed by atoms with Crippen molar-refractivity contribution in [3.63, 3.8) is 0 Å². The molecule has 3 aliphatic rings. The Hall–Kier alpha value is -1.18. The Morgan fingerprint density at radius 1 is 1.08 bits per heavy atom. The van der Waals surface area contributed by atoms with Gasteiger partial charge in [0, 0.05) is 45.2 Å². The Kier molecular flexibility index (Phi) is 6.67. The lowest BCUT2D eigenvalue weighted by atomic mass is 10.0. The fourth-order valence-corrected chi connectivity index (χ4v) is 4.09. The van der Waals surface area contributed by atoms with Crippen LogP contribution in [0.2, 0.25) is 0 Å². The lowest BCUT2D eigenvalue weighted by molar-refractivity contribution is -0.147. The fourth-order valence-electron chi connectivity index (χ4n) is 4.09. The molecule has 3 heterocycles. The molecule has 0 N–H and O–H groups in total. The van der Waals surface area contributed by atoms with Gasteiger partial charge in [-0.1, -0.05) is 0 Å². The van der Waals surface area contributed by atoms with Gasteiger partial charge in [0.25, 0.3) is 0 Å². The van der Waals surface area contributed by atoms with Crippen molar-refractivity contribution in [2.24, 2.45) is 0 Å². The summed E-state index contributed by atoms with van der Waals surface area (Å²) in [6.07, 6.45) is 4.07. The van der Waals surface area contributed by atoms with Gasteiger partial charge in [-0.25, -0.2) is 0 Å². The van der Waals surface area contributed by atoms with Crippen molar-refractivity contribution in [3.8, 4) is 0 Å². The molecule has 0 aromatic rings. The number of likely N-dealkylation sites (tertiary alicyclic amines) is 2. The number of carbonyl (C=O) groups is 2. The van der Waals surface area contributed by atoms with Crippen LogP contribution in [0.5, 0.6) is 0 Å². The first-order chi connectivity index (χ1) is 12.1. The van der Waals surface area contributed by atoms with E-state index >= 15 is 0 Å². The Bertz CT molecular complexity index is 457. The van der Waals surface area contributed by atoms with Gasteiger partial charge in [0.2, 0.25) is 5.91 Å². The highest BCUT2D eigenvalue weighted by molar-refractivity contribution is 5.78. The highest BCUT2D eigenvalue weighted by Gasteiger charge is 2.27. The zero-order valence-electron chi connectivity index (χ0n) is 15.5. The van der Waals surface area contributed by atoms with E-state index in [4.69, 9.17) is 4.74 Å². The number of piperidine rings is 1. The lowest BCUT2D eigenvalue weighted by Crippen LogP contribution is -2.53. The molecule has 0 bridgehead atoms. The molecule has 3 rings (SSSR count). The van der Waals surface area contributed by atoms with Crippen LogP contribution in [0.25, 0.3) is 0 Å². The molecular formula is C18H32N4O3. The van der Waals surface area contributed by atoms with E-state index in [1.165, 1.54) is 25.9 Å². The smallest absolute Gasteiger partial charge is 0.320 e. The molecule has 0 aromatic carbocycles. The summed E-state index contributed by atoms with van der Waals surface area (Å²) >= 11 is 0. The van der Waals surface area contributed by atoms with Gasteiger partial charge in [-0.3, -0.25) is 19.4 Å². The van der Waals surface area contributed by atoms with E-state index in [9.17, 15) is 9.59 Å². The number of esters is 1. The van der Waals surface area contributed by atoms with E-state index in [0.29, 0.717) is 32.2 Å². The molecule has 0 radical (unpaired) electrons. The molecular weight excluding hydrogens is 320 g/mol. The van der Waals surface area contributed by atoms with E-state index in [2.05, 4.69) is 21.7 Å². The van der Waals surface area contributed by atoms with Crippen LogP contribution in [0.3, 0.4) is 0 Å². The standard InChI is InChI=1S/C18H32N4O3/c1-19-7-4-16(5-8-19)21-11-9-20(10-12-21)15-18(24)25-14-13-22-6-2-3-17(22)23/h16H,2-15H2,1H3. The summed E-state index contributed by atoms with van der Waals surface area (Å²) < 4.78 is 5.32. The minimum absolute atomic E-state index is 0.167. The van der Waals surface area contributed by atoms with Crippen LogP contribution in [-0.2, 0) is 14.3 Å². The van der Waals surface area contributed by atoms with Crippen LogP contribution in [-0.4, -0.2) is 110 Å². The molecule has 3 saturated heterocycles. The van der Waals surface area contributed by atoms with Crippen LogP contribution < -0.4 is 0 Å². The zero-order valence-corrected chi connectivity index (χ0v) is 15.5. The molecule has 7 heteroatoms. The summed E-state index contributed by atoms with van der Waals surface area (Å²) in [5.41, 5.74) is 0. The quantitative estimate of drug-likeness (QED) is 0.621. The van der Waals surface area contributed by atoms with Crippen molar-refractivity contribution in [2.45, 2.75) is 31.7 Å². The molecule has 7 nitrogen and oxygen atoms in total. The summed E-state index contributed by atoms with van der Waals surface area (Å²) in [7, 11) is 2.19. The Labute approximate surface area is 150 Å². The second-order valence-corrected chi connectivity index (χ2v) is 7.55. The van der Waals surface area contributed by atoms with Gasteiger partial charge in [0.05, 0.1) is 13.1 Å². The normalized spacial score (nSPS) is 24.8. The number of ether oxygens (including phenoxy) is 1. The Morgan fingerprint density at radius 3 is 2.44 bits per heavy atom. The number of rotatable bonds is 6. The third-order valence-electron chi connectivity index (χ3n) is 5.76. The number of nitrogens with zero attached hydrogens (tertiary/aromatic N) is 4. The molecule has 3 aliphatic heterocycles. The molecule has 1 amide bonds. The van der Waals surface area contributed by atoms with Crippen LogP contribution in [0.4, 0.5) is 0 Å². The predicted octanol–water partition coefficient (Wildman–Crippen LogP) is -0.136. The molecule has 0 aliphatic carbocycles. The predicted molar refractivity (Wildman–Crippen MR) is 95.3 cm³/mol. The third-order valence-corrected chi connectivity index (χ3v) is 5.76. The number of hydrogen-bond donors (Lipinski definition) is 0. The molecule has 142 valence electrons. The van der Waals surface area contributed by atoms with E-state index < -0.39 is 0 Å². The van der Waals surface area contributed by atoms with Crippen molar-refractivity contribution in [2.75, 3.05) is 72.6 Å². The number of piperazine rings is 1. The number of hydrogen-bond acceptors (Lipinski definition) is 6. The number of amides is 1. The van der Waals surface area contributed by atoms with Gasteiger partial charge >= 0.3 is 5.97 Å². The van der Waals surface area contributed by atoms with Gasteiger partial charge < -0.3 is 14.5 Å². The maximum absolute atomic E-state index is 12.0. The highest BCUT2D eigenvalue weighted by atomic mass is 16.5. The highest BCUT2D eigenvalue weighted by Crippen LogP contribution is 2.17. The minimum Gasteiger partial charge on any atom is -0.463 e. The summed E-state index contributed by atoms with van der Waals surface area (Å²) in [5.74, 6) is 0.0143. The maximum atomic E-state index is 12.0. The average molecular weight is 352 g/mol. The zero-order chi connectivity index (χ0) is 17.6. The average Bonchev–Trinajstić information content (AvgIpc) is 3.01. The molecule has 3 fully saturated rings. The van der Waals surface area contributed by atoms with Crippen molar-refractivity contribution >= 4 is 11.9 Å². The third kappa shape index (κ3) is 5.39. The second-order valence-electron chi connectivity index (χ2n) is 7.55. The van der Waals surface area contributed by atoms with E-state index in [1.807, 2.05) is 0 Å². The summed E-state index contributed by atoms with van der Waals surface area (Å²) in [6.45, 7) is 8.37. The summed E-state index contributed by atoms with van der Waals surface area (Å²) in [6, 6.07) is 0.711. The number of carbonyl (C=O) groups excluding carboxylic acids is 2. The SMILES string of the molecule is CN1CCC(N2CCN(CC(=O)OCCN3CCCC3=O)CC2)CC1. The summed E-state index contributed by atoms with van der Waals surface area (Å²) in [5, 5.41) is 0. The first kappa shape index (κ1) is 18.6. The monoisotopic (exact) mass is 352 g/mol. The van der Waals surface area contributed by atoms with Crippen LogP contribution in [0.15, 0.2) is 0 Å². The first-order valence-electron chi connectivity index (χ1n) is 9.70. The summed E-state index contributed by atoms with van der Waals surface area (Å²) in [4.78, 5) is 32.5. The topological polar surface area (TPSA) is 56.3 Å². The minimum atomic E-state index is -0.167. The van der Waals surface area contributed by atoms with Gasteiger partial charge in [0.15, 0.2) is 0 Å². The van der Waals surface area contributed by atoms with Crippen molar-refractivity contribution in [1.29, 1.82) is 0 Å². The molecule has 0 atom stereocenters. The van der Waals surface area contributed by atoms with Gasteiger partial charge in [-0.2, -0.15) is 0 Å². The Morgan fingerprint density at radius 2 is 1.80 bits per heavy atom.